The van der Waals surface area contributed by atoms with E-state index in [1.807, 2.05) is 13.8 Å². The van der Waals surface area contributed by atoms with Gasteiger partial charge in [0.1, 0.15) is 0 Å². The van der Waals surface area contributed by atoms with Crippen LogP contribution in [-0.4, -0.2) is 5.97 Å². The van der Waals surface area contributed by atoms with E-state index < -0.39 is 0 Å². The second-order valence-electron chi connectivity index (χ2n) is 1.93. The summed E-state index contributed by atoms with van der Waals surface area (Å²) in [6, 6.07) is 0. The Morgan fingerprint density at radius 1 is 1.56 bits per heavy atom. The second-order valence-corrected chi connectivity index (χ2v) is 1.93. The quantitative estimate of drug-likeness (QED) is 0.419. The lowest BCUT2D eigenvalue weighted by atomic mass is 10.3. The Morgan fingerprint density at radius 2 is 2.11 bits per heavy atom. The van der Waals surface area contributed by atoms with Crippen molar-refractivity contribution in [2.45, 2.75) is 27.2 Å². The molecule has 0 saturated heterocycles. The van der Waals surface area contributed by atoms with Crippen LogP contribution in [0.2, 0.25) is 0 Å². The van der Waals surface area contributed by atoms with Crippen LogP contribution in [0.25, 0.3) is 0 Å². The first-order valence-corrected chi connectivity index (χ1v) is 2.99. The molecule has 0 aliphatic carbocycles. The van der Waals surface area contributed by atoms with Crippen LogP contribution in [0.5, 0.6) is 0 Å². The highest BCUT2D eigenvalue weighted by atomic mass is 16.5. The summed E-state index contributed by atoms with van der Waals surface area (Å²) in [5.74, 6) is -0.261. The molecule has 0 aromatic heterocycles. The molecule has 0 bridgehead atoms. The molecule has 9 heavy (non-hydrogen) atoms. The zero-order valence-electron chi connectivity index (χ0n) is 6.10. The van der Waals surface area contributed by atoms with E-state index in [1.54, 1.807) is 0 Å². The number of carbonyl (C=O) groups is 1. The molecule has 0 radical (unpaired) electrons. The molecule has 0 aliphatic heterocycles. The fraction of sp³-hybridized carbons (Fsp3) is 0.571. The molecule has 2 nitrogen and oxygen atoms in total. The van der Waals surface area contributed by atoms with Crippen molar-refractivity contribution >= 4 is 5.97 Å². The van der Waals surface area contributed by atoms with Crippen LogP contribution in [0.15, 0.2) is 11.8 Å². The summed E-state index contributed by atoms with van der Waals surface area (Å²) < 4.78 is 4.59. The first-order chi connectivity index (χ1) is 4.16. The van der Waals surface area contributed by atoms with E-state index in [0.29, 0.717) is 0 Å². The summed E-state index contributed by atoms with van der Waals surface area (Å²) in [5, 5.41) is 0. The number of allylic oxidation sites excluding steroid dienone is 1. The first-order valence-electron chi connectivity index (χ1n) is 2.99. The lowest BCUT2D eigenvalue weighted by Gasteiger charge is -1.93. The van der Waals surface area contributed by atoms with Crippen molar-refractivity contribution in [1.29, 1.82) is 0 Å². The lowest BCUT2D eigenvalue weighted by molar-refractivity contribution is -0.135. The predicted molar refractivity (Wildman–Crippen MR) is 35.8 cm³/mol. The number of hydrogen-bond donors (Lipinski definition) is 0. The summed E-state index contributed by atoms with van der Waals surface area (Å²) in [7, 11) is 0. The van der Waals surface area contributed by atoms with Gasteiger partial charge in [-0.3, -0.25) is 4.79 Å². The minimum atomic E-state index is -0.261. The van der Waals surface area contributed by atoms with E-state index in [1.165, 1.54) is 13.2 Å². The van der Waals surface area contributed by atoms with Crippen LogP contribution >= 0.6 is 0 Å². The Bertz CT molecular complexity index is 125. The largest absolute Gasteiger partial charge is 0.435 e. The van der Waals surface area contributed by atoms with E-state index in [4.69, 9.17) is 0 Å². The maximum absolute atomic E-state index is 10.2. The van der Waals surface area contributed by atoms with Crippen LogP contribution < -0.4 is 0 Å². The number of hydrogen-bond acceptors (Lipinski definition) is 2. The highest BCUT2D eigenvalue weighted by molar-refractivity contribution is 5.66. The fourth-order valence-corrected chi connectivity index (χ4v) is 0.267. The van der Waals surface area contributed by atoms with Gasteiger partial charge in [0.05, 0.1) is 6.26 Å². The van der Waals surface area contributed by atoms with Gasteiger partial charge in [-0.05, 0) is 18.9 Å². The molecule has 0 spiro atoms. The van der Waals surface area contributed by atoms with E-state index in [-0.39, 0.29) is 5.97 Å². The monoisotopic (exact) mass is 128 g/mol. The molecule has 0 fully saturated rings. The molecule has 0 aliphatic rings. The minimum Gasteiger partial charge on any atom is -0.435 e. The first kappa shape index (κ1) is 8.21. The van der Waals surface area contributed by atoms with Crippen molar-refractivity contribution in [3.05, 3.63) is 11.8 Å². The summed E-state index contributed by atoms with van der Waals surface area (Å²) in [6.45, 7) is 5.32. The van der Waals surface area contributed by atoms with Crippen LogP contribution in [0.1, 0.15) is 27.2 Å². The zero-order valence-corrected chi connectivity index (χ0v) is 6.10. The maximum Gasteiger partial charge on any atom is 0.307 e. The Balaban J connectivity index is 3.56. The Hall–Kier alpha value is -0.790. The summed E-state index contributed by atoms with van der Waals surface area (Å²) >= 11 is 0. The molecule has 2 heteroatoms. The third kappa shape index (κ3) is 5.07. The van der Waals surface area contributed by atoms with Gasteiger partial charge in [0.15, 0.2) is 0 Å². The van der Waals surface area contributed by atoms with Crippen LogP contribution in [-0.2, 0) is 9.53 Å². The molecule has 52 valence electrons. The summed E-state index contributed by atoms with van der Waals surface area (Å²) in [4.78, 5) is 10.2. The molecule has 0 saturated carbocycles. The molecule has 0 aromatic rings. The van der Waals surface area contributed by atoms with Crippen molar-refractivity contribution in [3.63, 3.8) is 0 Å². The van der Waals surface area contributed by atoms with Gasteiger partial charge in [-0.15, -0.1) is 0 Å². The molecule has 0 atom stereocenters. The average molecular weight is 128 g/mol. The van der Waals surface area contributed by atoms with Gasteiger partial charge in [0, 0.05) is 6.92 Å². The smallest absolute Gasteiger partial charge is 0.307 e. The number of esters is 1. The molecule has 0 heterocycles. The standard InChI is InChI=1S/C7H12O2/c1-4-6(2)5-9-7(3)8/h5H,4H2,1-3H3/b6-5-. The van der Waals surface area contributed by atoms with Crippen molar-refractivity contribution < 1.29 is 9.53 Å². The summed E-state index contributed by atoms with van der Waals surface area (Å²) in [6.07, 6.45) is 2.41. The molecule has 0 aromatic carbocycles. The molecular weight excluding hydrogens is 116 g/mol. The molecule has 0 unspecified atom stereocenters. The highest BCUT2D eigenvalue weighted by Gasteiger charge is 1.87. The van der Waals surface area contributed by atoms with Crippen LogP contribution in [0, 0.1) is 0 Å². The topological polar surface area (TPSA) is 26.3 Å². The SMILES string of the molecule is CC/C(C)=C\OC(C)=O. The third-order valence-corrected chi connectivity index (χ3v) is 0.984. The Morgan fingerprint density at radius 3 is 2.44 bits per heavy atom. The van der Waals surface area contributed by atoms with Gasteiger partial charge in [0.2, 0.25) is 0 Å². The lowest BCUT2D eigenvalue weighted by Crippen LogP contribution is -1.90. The van der Waals surface area contributed by atoms with Gasteiger partial charge in [-0.2, -0.15) is 0 Å². The average Bonchev–Trinajstić information content (AvgIpc) is 1.83. The van der Waals surface area contributed by atoms with Gasteiger partial charge >= 0.3 is 5.97 Å². The third-order valence-electron chi connectivity index (χ3n) is 0.984. The molecule has 0 rings (SSSR count). The Labute approximate surface area is 55.5 Å². The van der Waals surface area contributed by atoms with E-state index in [0.717, 1.165) is 12.0 Å². The Kier molecular flexibility index (Phi) is 3.76. The van der Waals surface area contributed by atoms with Crippen LogP contribution in [0.3, 0.4) is 0 Å². The van der Waals surface area contributed by atoms with Gasteiger partial charge in [-0.25, -0.2) is 0 Å². The number of carbonyl (C=O) groups excluding carboxylic acids is 1. The maximum atomic E-state index is 10.2. The second kappa shape index (κ2) is 4.13. The van der Waals surface area contributed by atoms with Crippen molar-refractivity contribution in [1.82, 2.24) is 0 Å². The van der Waals surface area contributed by atoms with E-state index >= 15 is 0 Å². The van der Waals surface area contributed by atoms with Crippen molar-refractivity contribution in [2.24, 2.45) is 0 Å². The molecular formula is C7H12O2. The minimum absolute atomic E-state index is 0.261. The van der Waals surface area contributed by atoms with Gasteiger partial charge in [-0.1, -0.05) is 6.92 Å². The fourth-order valence-electron chi connectivity index (χ4n) is 0.267. The highest BCUT2D eigenvalue weighted by Crippen LogP contribution is 1.97. The predicted octanol–water partition coefficient (Wildman–Crippen LogP) is 1.86. The number of ether oxygens (including phenoxy) is 1. The van der Waals surface area contributed by atoms with Gasteiger partial charge < -0.3 is 4.74 Å². The van der Waals surface area contributed by atoms with Crippen LogP contribution in [0.4, 0.5) is 0 Å². The molecule has 0 amide bonds. The normalized spacial score (nSPS) is 11.2. The van der Waals surface area contributed by atoms with Crippen molar-refractivity contribution in [3.8, 4) is 0 Å². The molecule has 0 N–H and O–H groups in total. The number of rotatable bonds is 2. The van der Waals surface area contributed by atoms with Crippen molar-refractivity contribution in [2.75, 3.05) is 0 Å². The van der Waals surface area contributed by atoms with E-state index in [9.17, 15) is 4.79 Å². The van der Waals surface area contributed by atoms with Gasteiger partial charge in [0.25, 0.3) is 0 Å². The zero-order chi connectivity index (χ0) is 7.28. The summed E-state index contributed by atoms with van der Waals surface area (Å²) in [5.41, 5.74) is 1.07. The van der Waals surface area contributed by atoms with E-state index in [2.05, 4.69) is 4.74 Å².